The Labute approximate surface area is 97.3 Å². The van der Waals surface area contributed by atoms with E-state index in [1.807, 2.05) is 31.4 Å². The van der Waals surface area contributed by atoms with Crippen molar-refractivity contribution in [1.29, 1.82) is 0 Å². The highest BCUT2D eigenvalue weighted by Crippen LogP contribution is 2.28. The molecule has 0 atom stereocenters. The van der Waals surface area contributed by atoms with Crippen molar-refractivity contribution in [2.75, 3.05) is 6.26 Å². The first kappa shape index (κ1) is 9.66. The van der Waals surface area contributed by atoms with Crippen LogP contribution < -0.4 is 0 Å². The lowest BCUT2D eigenvalue weighted by molar-refractivity contribution is 1.15. The monoisotopic (exact) mass is 229 g/mol. The SMILES string of the molecule is CSc1nc2ccccc2c2nc(C)[nH]c12. The van der Waals surface area contributed by atoms with E-state index in [-0.39, 0.29) is 0 Å². The Morgan fingerprint density at radius 3 is 2.81 bits per heavy atom. The number of aromatic amines is 1. The van der Waals surface area contributed by atoms with Gasteiger partial charge in [-0.05, 0) is 19.2 Å². The third-order valence-corrected chi connectivity index (χ3v) is 3.29. The van der Waals surface area contributed by atoms with E-state index in [1.54, 1.807) is 11.8 Å². The number of pyridine rings is 1. The Bertz CT molecular complexity index is 672. The summed E-state index contributed by atoms with van der Waals surface area (Å²) in [6.45, 7) is 1.97. The van der Waals surface area contributed by atoms with Crippen molar-refractivity contribution in [3.05, 3.63) is 30.1 Å². The van der Waals surface area contributed by atoms with Crippen LogP contribution >= 0.6 is 11.8 Å². The van der Waals surface area contributed by atoms with Gasteiger partial charge in [-0.3, -0.25) is 0 Å². The van der Waals surface area contributed by atoms with Gasteiger partial charge in [-0.25, -0.2) is 9.97 Å². The van der Waals surface area contributed by atoms with Gasteiger partial charge in [0, 0.05) is 5.39 Å². The molecule has 0 spiro atoms. The van der Waals surface area contributed by atoms with Crippen molar-refractivity contribution in [1.82, 2.24) is 15.0 Å². The third kappa shape index (κ3) is 1.30. The number of rotatable bonds is 1. The number of fused-ring (bicyclic) bond motifs is 3. The van der Waals surface area contributed by atoms with Crippen molar-refractivity contribution < 1.29 is 0 Å². The van der Waals surface area contributed by atoms with Crippen LogP contribution in [0.15, 0.2) is 29.3 Å². The van der Waals surface area contributed by atoms with Gasteiger partial charge >= 0.3 is 0 Å². The van der Waals surface area contributed by atoms with Crippen LogP contribution in [0.4, 0.5) is 0 Å². The van der Waals surface area contributed by atoms with E-state index in [0.717, 1.165) is 32.8 Å². The highest BCUT2D eigenvalue weighted by Gasteiger charge is 2.10. The molecule has 0 amide bonds. The Kier molecular flexibility index (Phi) is 2.11. The summed E-state index contributed by atoms with van der Waals surface area (Å²) in [5, 5.41) is 2.12. The molecule has 16 heavy (non-hydrogen) atoms. The molecule has 3 aromatic rings. The maximum Gasteiger partial charge on any atom is 0.122 e. The summed E-state index contributed by atoms with van der Waals surface area (Å²) in [5.41, 5.74) is 3.07. The number of hydrogen-bond donors (Lipinski definition) is 1. The second-order valence-corrected chi connectivity index (χ2v) is 4.48. The van der Waals surface area contributed by atoms with Crippen molar-refractivity contribution in [3.8, 4) is 0 Å². The molecule has 0 bridgehead atoms. The minimum Gasteiger partial charge on any atom is -0.340 e. The molecule has 0 unspecified atom stereocenters. The van der Waals surface area contributed by atoms with E-state index in [9.17, 15) is 0 Å². The van der Waals surface area contributed by atoms with E-state index < -0.39 is 0 Å². The summed E-state index contributed by atoms with van der Waals surface area (Å²) in [6, 6.07) is 8.12. The number of nitrogens with one attached hydrogen (secondary N) is 1. The van der Waals surface area contributed by atoms with E-state index >= 15 is 0 Å². The maximum absolute atomic E-state index is 4.63. The molecule has 2 heterocycles. The molecule has 0 fully saturated rings. The minimum atomic E-state index is 0.934. The van der Waals surface area contributed by atoms with Crippen molar-refractivity contribution in [2.45, 2.75) is 11.9 Å². The van der Waals surface area contributed by atoms with E-state index in [1.165, 1.54) is 0 Å². The molecule has 3 nitrogen and oxygen atoms in total. The van der Waals surface area contributed by atoms with Gasteiger partial charge < -0.3 is 4.98 Å². The molecule has 0 aliphatic heterocycles. The van der Waals surface area contributed by atoms with Crippen LogP contribution in [0, 0.1) is 6.92 Å². The number of nitrogens with zero attached hydrogens (tertiary/aromatic N) is 2. The highest BCUT2D eigenvalue weighted by molar-refractivity contribution is 7.98. The number of aryl methyl sites for hydroxylation is 1. The lowest BCUT2D eigenvalue weighted by Crippen LogP contribution is -1.85. The first-order chi connectivity index (χ1) is 7.79. The lowest BCUT2D eigenvalue weighted by Gasteiger charge is -2.01. The maximum atomic E-state index is 4.63. The molecule has 0 saturated carbocycles. The van der Waals surface area contributed by atoms with Crippen LogP contribution in [0.1, 0.15) is 5.82 Å². The zero-order valence-corrected chi connectivity index (χ0v) is 9.93. The van der Waals surface area contributed by atoms with Crippen LogP contribution in [0.2, 0.25) is 0 Å². The predicted octanol–water partition coefficient (Wildman–Crippen LogP) is 3.14. The normalized spacial score (nSPS) is 11.4. The number of hydrogen-bond acceptors (Lipinski definition) is 3. The standard InChI is InChI=1S/C12H11N3S/c1-7-13-10-8-5-3-4-6-9(8)15-12(16-2)11(10)14-7/h3-6H,1-2H3,(H,13,14). The largest absolute Gasteiger partial charge is 0.340 e. The Morgan fingerprint density at radius 2 is 2.00 bits per heavy atom. The number of thioether (sulfide) groups is 1. The zero-order chi connectivity index (χ0) is 11.1. The molecule has 80 valence electrons. The number of benzene rings is 1. The molecule has 2 aromatic heterocycles. The minimum absolute atomic E-state index is 0.934. The summed E-state index contributed by atoms with van der Waals surface area (Å²) >= 11 is 1.64. The van der Waals surface area contributed by atoms with Crippen LogP contribution in [-0.2, 0) is 0 Å². The molecule has 1 aromatic carbocycles. The van der Waals surface area contributed by atoms with Crippen LogP contribution in [0.5, 0.6) is 0 Å². The second kappa shape index (κ2) is 3.49. The number of imidazole rings is 1. The zero-order valence-electron chi connectivity index (χ0n) is 9.11. The molecule has 0 radical (unpaired) electrons. The first-order valence-electron chi connectivity index (χ1n) is 5.08. The third-order valence-electron chi connectivity index (χ3n) is 2.61. The van der Waals surface area contributed by atoms with E-state index in [2.05, 4.69) is 21.0 Å². The van der Waals surface area contributed by atoms with Gasteiger partial charge in [-0.1, -0.05) is 18.2 Å². The Balaban J connectivity index is 2.56. The number of H-pyrrole nitrogens is 1. The fourth-order valence-corrected chi connectivity index (χ4v) is 2.47. The quantitative estimate of drug-likeness (QED) is 0.652. The van der Waals surface area contributed by atoms with Gasteiger partial charge in [-0.2, -0.15) is 0 Å². The summed E-state index contributed by atoms with van der Waals surface area (Å²) in [5.74, 6) is 0.934. The number of para-hydroxylation sites is 1. The van der Waals surface area contributed by atoms with E-state index in [0.29, 0.717) is 0 Å². The fourth-order valence-electron chi connectivity index (χ4n) is 1.93. The number of aromatic nitrogens is 3. The molecule has 0 aliphatic rings. The van der Waals surface area contributed by atoms with Crippen molar-refractivity contribution in [2.24, 2.45) is 0 Å². The topological polar surface area (TPSA) is 41.6 Å². The summed E-state index contributed by atoms with van der Waals surface area (Å²) in [4.78, 5) is 12.4. The summed E-state index contributed by atoms with van der Waals surface area (Å²) < 4.78 is 0. The summed E-state index contributed by atoms with van der Waals surface area (Å²) in [6.07, 6.45) is 2.03. The second-order valence-electron chi connectivity index (χ2n) is 3.68. The predicted molar refractivity (Wildman–Crippen MR) is 67.9 cm³/mol. The molecule has 1 N–H and O–H groups in total. The van der Waals surface area contributed by atoms with Gasteiger partial charge in [0.2, 0.25) is 0 Å². The van der Waals surface area contributed by atoms with Gasteiger partial charge in [-0.15, -0.1) is 11.8 Å². The molecule has 0 saturated heterocycles. The fraction of sp³-hybridized carbons (Fsp3) is 0.167. The average molecular weight is 229 g/mol. The van der Waals surface area contributed by atoms with Crippen LogP contribution in [0.3, 0.4) is 0 Å². The molecule has 0 aliphatic carbocycles. The van der Waals surface area contributed by atoms with Gasteiger partial charge in [0.25, 0.3) is 0 Å². The molecule has 3 rings (SSSR count). The molecular weight excluding hydrogens is 218 g/mol. The highest BCUT2D eigenvalue weighted by atomic mass is 32.2. The lowest BCUT2D eigenvalue weighted by atomic mass is 10.2. The van der Waals surface area contributed by atoms with E-state index in [4.69, 9.17) is 0 Å². The smallest absolute Gasteiger partial charge is 0.122 e. The molecular formula is C12H11N3S. The van der Waals surface area contributed by atoms with Gasteiger partial charge in [0.1, 0.15) is 16.4 Å². The summed E-state index contributed by atoms with van der Waals surface area (Å²) in [7, 11) is 0. The molecule has 4 heteroatoms. The van der Waals surface area contributed by atoms with Gasteiger partial charge in [0.05, 0.1) is 11.0 Å². The average Bonchev–Trinajstić information content (AvgIpc) is 2.69. The van der Waals surface area contributed by atoms with Crippen molar-refractivity contribution >= 4 is 33.7 Å². The van der Waals surface area contributed by atoms with Crippen molar-refractivity contribution in [3.63, 3.8) is 0 Å². The van der Waals surface area contributed by atoms with Crippen LogP contribution in [0.25, 0.3) is 21.9 Å². The Hall–Kier alpha value is -1.55. The first-order valence-corrected chi connectivity index (χ1v) is 6.31. The Morgan fingerprint density at radius 1 is 1.19 bits per heavy atom. The van der Waals surface area contributed by atoms with Gasteiger partial charge in [0.15, 0.2) is 0 Å². The van der Waals surface area contributed by atoms with Crippen LogP contribution in [-0.4, -0.2) is 21.2 Å².